The summed E-state index contributed by atoms with van der Waals surface area (Å²) in [6.45, 7) is 3.80. The van der Waals surface area contributed by atoms with Gasteiger partial charge < -0.3 is 9.64 Å². The van der Waals surface area contributed by atoms with E-state index in [4.69, 9.17) is 4.74 Å². The quantitative estimate of drug-likeness (QED) is 0.768. The summed E-state index contributed by atoms with van der Waals surface area (Å²) in [7, 11) is 1.91. The zero-order chi connectivity index (χ0) is 15.8. The van der Waals surface area contributed by atoms with E-state index in [9.17, 15) is 4.79 Å². The Balaban J connectivity index is 1.62. The van der Waals surface area contributed by atoms with Gasteiger partial charge in [-0.3, -0.25) is 4.79 Å². The summed E-state index contributed by atoms with van der Waals surface area (Å²) < 4.78 is 5.72. The zero-order valence-electron chi connectivity index (χ0n) is 14.0. The molecular formula is C19H29NO2. The Morgan fingerprint density at radius 1 is 1.27 bits per heavy atom. The summed E-state index contributed by atoms with van der Waals surface area (Å²) in [6.07, 6.45) is 7.46. The number of carbonyl (C=O) groups is 1. The molecule has 0 spiro atoms. The number of ether oxygens (including phenoxy) is 1. The maximum atomic E-state index is 12.1. The van der Waals surface area contributed by atoms with Gasteiger partial charge in [-0.15, -0.1) is 0 Å². The largest absolute Gasteiger partial charge is 0.378 e. The molecule has 3 heteroatoms. The third-order valence-electron chi connectivity index (χ3n) is 4.46. The van der Waals surface area contributed by atoms with Gasteiger partial charge in [0, 0.05) is 26.6 Å². The van der Waals surface area contributed by atoms with Crippen molar-refractivity contribution in [1.82, 2.24) is 4.90 Å². The maximum absolute atomic E-state index is 12.1. The number of amides is 1. The summed E-state index contributed by atoms with van der Waals surface area (Å²) >= 11 is 0. The normalized spacial score (nSPS) is 18.2. The number of nitrogens with zero attached hydrogens (tertiary/aromatic N) is 1. The van der Waals surface area contributed by atoms with Crippen molar-refractivity contribution in [2.75, 3.05) is 20.2 Å². The topological polar surface area (TPSA) is 29.5 Å². The van der Waals surface area contributed by atoms with E-state index in [0.29, 0.717) is 12.5 Å². The van der Waals surface area contributed by atoms with Crippen molar-refractivity contribution in [1.29, 1.82) is 0 Å². The molecule has 0 aromatic heterocycles. The van der Waals surface area contributed by atoms with Crippen molar-refractivity contribution >= 4 is 5.91 Å². The highest BCUT2D eigenvalue weighted by Crippen LogP contribution is 2.16. The minimum Gasteiger partial charge on any atom is -0.378 e. The summed E-state index contributed by atoms with van der Waals surface area (Å²) in [5, 5.41) is 0. The van der Waals surface area contributed by atoms with Crippen molar-refractivity contribution < 1.29 is 9.53 Å². The van der Waals surface area contributed by atoms with Crippen molar-refractivity contribution in [2.24, 2.45) is 0 Å². The average molecular weight is 303 g/mol. The van der Waals surface area contributed by atoms with Crippen molar-refractivity contribution in [3.05, 3.63) is 35.4 Å². The zero-order valence-corrected chi connectivity index (χ0v) is 14.0. The molecule has 1 aliphatic rings. The fourth-order valence-electron chi connectivity index (χ4n) is 2.89. The van der Waals surface area contributed by atoms with Gasteiger partial charge in [0.2, 0.25) is 5.91 Å². The SMILES string of the molecule is Cc1ccc(CCCC(=O)N(C)CCC2CCCCO2)cc1. The fraction of sp³-hybridized carbons (Fsp3) is 0.632. The number of aryl methyl sites for hydroxylation is 2. The van der Waals surface area contributed by atoms with Crippen LogP contribution in [-0.2, 0) is 16.0 Å². The molecule has 1 fully saturated rings. The lowest BCUT2D eigenvalue weighted by molar-refractivity contribution is -0.130. The molecule has 0 bridgehead atoms. The molecule has 122 valence electrons. The van der Waals surface area contributed by atoms with Gasteiger partial charge in [0.1, 0.15) is 0 Å². The summed E-state index contributed by atoms with van der Waals surface area (Å²) in [6, 6.07) is 8.58. The highest BCUT2D eigenvalue weighted by molar-refractivity contribution is 5.75. The van der Waals surface area contributed by atoms with E-state index >= 15 is 0 Å². The van der Waals surface area contributed by atoms with E-state index in [1.54, 1.807) is 0 Å². The number of carbonyl (C=O) groups excluding carboxylic acids is 1. The summed E-state index contributed by atoms with van der Waals surface area (Å²) in [5.74, 6) is 0.253. The first-order chi connectivity index (χ1) is 10.6. The van der Waals surface area contributed by atoms with Crippen LogP contribution in [0.5, 0.6) is 0 Å². The van der Waals surface area contributed by atoms with Crippen LogP contribution in [0.3, 0.4) is 0 Å². The Kier molecular flexibility index (Phi) is 6.91. The van der Waals surface area contributed by atoms with E-state index in [-0.39, 0.29) is 5.91 Å². The summed E-state index contributed by atoms with van der Waals surface area (Å²) in [5.41, 5.74) is 2.60. The molecule has 0 radical (unpaired) electrons. The molecule has 3 nitrogen and oxygen atoms in total. The van der Waals surface area contributed by atoms with Crippen LogP contribution in [0.15, 0.2) is 24.3 Å². The predicted octanol–water partition coefficient (Wildman–Crippen LogP) is 3.74. The van der Waals surface area contributed by atoms with Crippen LogP contribution in [0.2, 0.25) is 0 Å². The van der Waals surface area contributed by atoms with E-state index in [1.807, 2.05) is 11.9 Å². The predicted molar refractivity (Wildman–Crippen MR) is 90.0 cm³/mol. The molecule has 0 N–H and O–H groups in total. The Hall–Kier alpha value is -1.35. The molecule has 1 unspecified atom stereocenters. The molecule has 1 atom stereocenters. The average Bonchev–Trinajstić information content (AvgIpc) is 2.55. The van der Waals surface area contributed by atoms with E-state index < -0.39 is 0 Å². The third-order valence-corrected chi connectivity index (χ3v) is 4.46. The van der Waals surface area contributed by atoms with Crippen molar-refractivity contribution in [3.63, 3.8) is 0 Å². The lowest BCUT2D eigenvalue weighted by Crippen LogP contribution is -2.31. The van der Waals surface area contributed by atoms with Gasteiger partial charge in [0.05, 0.1) is 6.10 Å². The molecule has 0 aliphatic carbocycles. The lowest BCUT2D eigenvalue weighted by atomic mass is 10.1. The van der Waals surface area contributed by atoms with Gasteiger partial charge in [-0.1, -0.05) is 29.8 Å². The third kappa shape index (κ3) is 5.80. The molecule has 1 aliphatic heterocycles. The Morgan fingerprint density at radius 3 is 2.73 bits per heavy atom. The van der Waals surface area contributed by atoms with Crippen LogP contribution >= 0.6 is 0 Å². The van der Waals surface area contributed by atoms with Crippen LogP contribution in [0.1, 0.15) is 49.7 Å². The first-order valence-electron chi connectivity index (χ1n) is 8.56. The second-order valence-electron chi connectivity index (χ2n) is 6.43. The number of hydrogen-bond acceptors (Lipinski definition) is 2. The monoisotopic (exact) mass is 303 g/mol. The van der Waals surface area contributed by atoms with Gasteiger partial charge in [0.25, 0.3) is 0 Å². The van der Waals surface area contributed by atoms with Crippen LogP contribution in [0.25, 0.3) is 0 Å². The van der Waals surface area contributed by atoms with Crippen molar-refractivity contribution in [2.45, 2.75) is 58.0 Å². The van der Waals surface area contributed by atoms with E-state index in [0.717, 1.165) is 38.8 Å². The molecule has 1 amide bonds. The Bertz CT molecular complexity index is 449. The molecule has 1 aromatic rings. The first-order valence-corrected chi connectivity index (χ1v) is 8.56. The highest BCUT2D eigenvalue weighted by atomic mass is 16.5. The molecule has 22 heavy (non-hydrogen) atoms. The van der Waals surface area contributed by atoms with Crippen LogP contribution in [0, 0.1) is 6.92 Å². The number of hydrogen-bond donors (Lipinski definition) is 0. The van der Waals surface area contributed by atoms with Crippen LogP contribution < -0.4 is 0 Å². The van der Waals surface area contributed by atoms with E-state index in [1.165, 1.54) is 24.0 Å². The smallest absolute Gasteiger partial charge is 0.222 e. The standard InChI is InChI=1S/C19H29NO2/c1-16-9-11-17(12-10-16)6-5-8-19(21)20(2)14-13-18-7-3-4-15-22-18/h9-12,18H,3-8,13-15H2,1-2H3. The molecule has 1 heterocycles. The second-order valence-corrected chi connectivity index (χ2v) is 6.43. The fourth-order valence-corrected chi connectivity index (χ4v) is 2.89. The number of rotatable bonds is 7. The van der Waals surface area contributed by atoms with Crippen molar-refractivity contribution in [3.8, 4) is 0 Å². The maximum Gasteiger partial charge on any atom is 0.222 e. The Labute approximate surface area is 134 Å². The molecule has 1 saturated heterocycles. The number of benzene rings is 1. The summed E-state index contributed by atoms with van der Waals surface area (Å²) in [4.78, 5) is 14.0. The van der Waals surface area contributed by atoms with Gasteiger partial charge in [0.15, 0.2) is 0 Å². The minimum absolute atomic E-state index is 0.253. The van der Waals surface area contributed by atoms with Gasteiger partial charge in [-0.05, 0) is 51.0 Å². The molecular weight excluding hydrogens is 274 g/mol. The minimum atomic E-state index is 0.253. The molecule has 0 saturated carbocycles. The van der Waals surface area contributed by atoms with E-state index in [2.05, 4.69) is 31.2 Å². The van der Waals surface area contributed by atoms with Gasteiger partial charge >= 0.3 is 0 Å². The van der Waals surface area contributed by atoms with Crippen LogP contribution in [-0.4, -0.2) is 37.1 Å². The molecule has 2 rings (SSSR count). The second kappa shape index (κ2) is 8.94. The first kappa shape index (κ1) is 17.0. The highest BCUT2D eigenvalue weighted by Gasteiger charge is 2.16. The molecule has 1 aromatic carbocycles. The lowest BCUT2D eigenvalue weighted by Gasteiger charge is -2.25. The van der Waals surface area contributed by atoms with Gasteiger partial charge in [-0.2, -0.15) is 0 Å². The van der Waals surface area contributed by atoms with Crippen LogP contribution in [0.4, 0.5) is 0 Å². The van der Waals surface area contributed by atoms with Gasteiger partial charge in [-0.25, -0.2) is 0 Å². The Morgan fingerprint density at radius 2 is 2.05 bits per heavy atom.